The minimum Gasteiger partial charge on any atom is -0.493 e. The first-order valence-electron chi connectivity index (χ1n) is 12.4. The van der Waals surface area contributed by atoms with E-state index >= 15 is 0 Å². The van der Waals surface area contributed by atoms with Crippen LogP contribution in [0.25, 0.3) is 11.1 Å². The van der Waals surface area contributed by atoms with Crippen LogP contribution in [0.15, 0.2) is 42.7 Å². The summed E-state index contributed by atoms with van der Waals surface area (Å²) in [5.41, 5.74) is 3.91. The fraction of sp³-hybridized carbons (Fsp3) is 0.607. The van der Waals surface area contributed by atoms with Gasteiger partial charge in [-0.3, -0.25) is 4.98 Å². The molecule has 1 aromatic heterocycles. The van der Waals surface area contributed by atoms with Gasteiger partial charge in [0.05, 0.1) is 6.61 Å². The maximum Gasteiger partial charge on any atom is 0.127 e. The highest BCUT2D eigenvalue weighted by molar-refractivity contribution is 5.73. The second-order valence-electron chi connectivity index (χ2n) is 9.20. The van der Waals surface area contributed by atoms with Crippen molar-refractivity contribution in [1.82, 2.24) is 4.98 Å². The Bertz CT molecular complexity index is 748. The van der Waals surface area contributed by atoms with Crippen LogP contribution >= 0.6 is 0 Å². The van der Waals surface area contributed by atoms with Crippen LogP contribution in [-0.4, -0.2) is 11.6 Å². The number of unbranched alkanes of at least 4 members (excludes halogenated alkanes) is 4. The molecule has 0 spiro atoms. The van der Waals surface area contributed by atoms with Gasteiger partial charge in [-0.05, 0) is 60.3 Å². The zero-order valence-corrected chi connectivity index (χ0v) is 19.4. The molecule has 1 atom stereocenters. The van der Waals surface area contributed by atoms with E-state index in [0.29, 0.717) is 5.92 Å². The summed E-state index contributed by atoms with van der Waals surface area (Å²) in [5, 5.41) is 0. The SMILES string of the molecule is CCCCCCCOc1ccccc1-c1ccncc1C(C)C1CCC(CC)CC1. The topological polar surface area (TPSA) is 22.1 Å². The number of hydrogen-bond donors (Lipinski definition) is 0. The van der Waals surface area contributed by atoms with E-state index in [1.54, 1.807) is 0 Å². The Morgan fingerprint density at radius 2 is 1.70 bits per heavy atom. The lowest BCUT2D eigenvalue weighted by molar-refractivity contribution is 0.244. The van der Waals surface area contributed by atoms with Crippen molar-refractivity contribution in [3.63, 3.8) is 0 Å². The Balaban J connectivity index is 1.72. The molecule has 0 aliphatic heterocycles. The standard InChI is InChI=1S/C28H41NO/c1-4-6-7-8-11-20-30-28-13-10-9-12-26(28)25-18-19-29-21-27(25)22(3)24-16-14-23(5-2)15-17-24/h9-10,12-13,18-19,21-24H,4-8,11,14-17,20H2,1-3H3. The zero-order chi connectivity index (χ0) is 21.2. The quantitative estimate of drug-likeness (QED) is 0.349. The lowest BCUT2D eigenvalue weighted by Crippen LogP contribution is -2.19. The highest BCUT2D eigenvalue weighted by atomic mass is 16.5. The molecule has 164 valence electrons. The van der Waals surface area contributed by atoms with E-state index in [9.17, 15) is 0 Å². The van der Waals surface area contributed by atoms with E-state index in [2.05, 4.69) is 62.3 Å². The van der Waals surface area contributed by atoms with Crippen LogP contribution in [0.4, 0.5) is 0 Å². The molecule has 3 rings (SSSR count). The average molecular weight is 408 g/mol. The summed E-state index contributed by atoms with van der Waals surface area (Å²) in [7, 11) is 0. The number of ether oxygens (including phenoxy) is 1. The highest BCUT2D eigenvalue weighted by Crippen LogP contribution is 2.42. The maximum absolute atomic E-state index is 6.26. The van der Waals surface area contributed by atoms with Gasteiger partial charge in [0.1, 0.15) is 5.75 Å². The van der Waals surface area contributed by atoms with E-state index in [-0.39, 0.29) is 0 Å². The Hall–Kier alpha value is -1.83. The van der Waals surface area contributed by atoms with Crippen molar-refractivity contribution in [1.29, 1.82) is 0 Å². The molecule has 30 heavy (non-hydrogen) atoms. The van der Waals surface area contributed by atoms with Gasteiger partial charge in [-0.25, -0.2) is 0 Å². The smallest absolute Gasteiger partial charge is 0.127 e. The molecule has 1 saturated carbocycles. The van der Waals surface area contributed by atoms with E-state index < -0.39 is 0 Å². The fourth-order valence-corrected chi connectivity index (χ4v) is 5.07. The summed E-state index contributed by atoms with van der Waals surface area (Å²) in [6, 6.07) is 10.7. The molecule has 0 saturated heterocycles. The molecule has 1 aliphatic rings. The molecule has 2 nitrogen and oxygen atoms in total. The minimum atomic E-state index is 0.536. The van der Waals surface area contributed by atoms with Crippen LogP contribution in [0.2, 0.25) is 0 Å². The van der Waals surface area contributed by atoms with Crippen molar-refractivity contribution < 1.29 is 4.74 Å². The third-order valence-electron chi connectivity index (χ3n) is 7.20. The van der Waals surface area contributed by atoms with Gasteiger partial charge < -0.3 is 4.74 Å². The van der Waals surface area contributed by atoms with Crippen molar-refractivity contribution in [2.75, 3.05) is 6.61 Å². The van der Waals surface area contributed by atoms with Crippen LogP contribution in [0.3, 0.4) is 0 Å². The van der Waals surface area contributed by atoms with Crippen molar-refractivity contribution >= 4 is 0 Å². The van der Waals surface area contributed by atoms with E-state index in [0.717, 1.165) is 30.6 Å². The molecule has 0 N–H and O–H groups in total. The van der Waals surface area contributed by atoms with Crippen molar-refractivity contribution in [2.45, 2.75) is 90.9 Å². The Morgan fingerprint density at radius 1 is 0.933 bits per heavy atom. The first-order valence-corrected chi connectivity index (χ1v) is 12.4. The number of benzene rings is 1. The van der Waals surface area contributed by atoms with Crippen LogP contribution in [0, 0.1) is 11.8 Å². The molecule has 2 aromatic rings. The van der Waals surface area contributed by atoms with Crippen molar-refractivity contribution in [3.8, 4) is 16.9 Å². The zero-order valence-electron chi connectivity index (χ0n) is 19.4. The molecule has 0 amide bonds. The molecular weight excluding hydrogens is 366 g/mol. The third-order valence-corrected chi connectivity index (χ3v) is 7.20. The van der Waals surface area contributed by atoms with Gasteiger partial charge in [-0.1, -0.05) is 83.9 Å². The maximum atomic E-state index is 6.26. The normalized spacial score (nSPS) is 20.1. The molecule has 2 heteroatoms. The predicted octanol–water partition coefficient (Wildman–Crippen LogP) is 8.42. The van der Waals surface area contributed by atoms with Gasteiger partial charge >= 0.3 is 0 Å². The molecule has 0 bridgehead atoms. The number of rotatable bonds is 11. The second-order valence-corrected chi connectivity index (χ2v) is 9.20. The summed E-state index contributed by atoms with van der Waals surface area (Å²) < 4.78 is 6.26. The van der Waals surface area contributed by atoms with Gasteiger partial charge in [-0.15, -0.1) is 0 Å². The van der Waals surface area contributed by atoms with Crippen LogP contribution in [-0.2, 0) is 0 Å². The Kier molecular flexibility index (Phi) is 9.24. The first-order chi connectivity index (χ1) is 14.7. The summed E-state index contributed by atoms with van der Waals surface area (Å²) in [6.45, 7) is 7.82. The van der Waals surface area contributed by atoms with Gasteiger partial charge in [-0.2, -0.15) is 0 Å². The molecule has 1 aromatic carbocycles. The number of para-hydroxylation sites is 1. The van der Waals surface area contributed by atoms with Crippen molar-refractivity contribution in [3.05, 3.63) is 48.3 Å². The van der Waals surface area contributed by atoms with Crippen molar-refractivity contribution in [2.24, 2.45) is 11.8 Å². The lowest BCUT2D eigenvalue weighted by Gasteiger charge is -2.33. The largest absolute Gasteiger partial charge is 0.493 e. The molecule has 1 heterocycles. The van der Waals surface area contributed by atoms with Gasteiger partial charge in [0.2, 0.25) is 0 Å². The van der Waals surface area contributed by atoms with Gasteiger partial charge in [0.25, 0.3) is 0 Å². The van der Waals surface area contributed by atoms with Crippen LogP contribution < -0.4 is 4.74 Å². The fourth-order valence-electron chi connectivity index (χ4n) is 5.07. The number of aromatic nitrogens is 1. The molecule has 0 radical (unpaired) electrons. The summed E-state index contributed by atoms with van der Waals surface area (Å²) >= 11 is 0. The van der Waals surface area contributed by atoms with Gasteiger partial charge in [0, 0.05) is 18.0 Å². The van der Waals surface area contributed by atoms with Crippen LogP contribution in [0.1, 0.15) is 96.5 Å². The van der Waals surface area contributed by atoms with Crippen LogP contribution in [0.5, 0.6) is 5.75 Å². The number of hydrogen-bond acceptors (Lipinski definition) is 2. The average Bonchev–Trinajstić information content (AvgIpc) is 2.81. The second kappa shape index (κ2) is 12.1. The van der Waals surface area contributed by atoms with E-state index in [1.165, 1.54) is 74.5 Å². The predicted molar refractivity (Wildman–Crippen MR) is 128 cm³/mol. The monoisotopic (exact) mass is 407 g/mol. The lowest BCUT2D eigenvalue weighted by atomic mass is 9.73. The summed E-state index contributed by atoms with van der Waals surface area (Å²) in [4.78, 5) is 4.51. The summed E-state index contributed by atoms with van der Waals surface area (Å²) in [5.74, 6) is 3.26. The first kappa shape index (κ1) is 22.8. The molecular formula is C28H41NO. The minimum absolute atomic E-state index is 0.536. The van der Waals surface area contributed by atoms with E-state index in [1.807, 2.05) is 6.20 Å². The third kappa shape index (κ3) is 6.09. The van der Waals surface area contributed by atoms with Gasteiger partial charge in [0.15, 0.2) is 0 Å². The number of pyridine rings is 1. The Labute approximate surface area is 184 Å². The molecule has 1 fully saturated rings. The number of nitrogens with zero attached hydrogens (tertiary/aromatic N) is 1. The Morgan fingerprint density at radius 3 is 2.47 bits per heavy atom. The summed E-state index contributed by atoms with van der Waals surface area (Å²) in [6.07, 6.45) is 17.2. The molecule has 1 unspecified atom stereocenters. The van der Waals surface area contributed by atoms with E-state index in [4.69, 9.17) is 4.74 Å². The highest BCUT2D eigenvalue weighted by Gasteiger charge is 2.27. The molecule has 1 aliphatic carbocycles.